The Kier molecular flexibility index (Phi) is 3.92. The third-order valence-electron chi connectivity index (χ3n) is 3.79. The maximum Gasteiger partial charge on any atom is 0.146 e. The molecule has 0 bridgehead atoms. The molecular weight excluding hydrogens is 301 g/mol. The topological polar surface area (TPSA) is 20.2 Å². The average molecular weight is 314 g/mol. The van der Waals surface area contributed by atoms with Crippen molar-refractivity contribution < 1.29 is 18.3 Å². The average Bonchev–Trinajstić information content (AvgIpc) is 2.56. The van der Waals surface area contributed by atoms with E-state index in [4.69, 9.17) is 0 Å². The smallest absolute Gasteiger partial charge is 0.146 e. The second-order valence-electron chi connectivity index (χ2n) is 5.18. The van der Waals surface area contributed by atoms with Crippen LogP contribution in [0.5, 0.6) is 0 Å². The molecule has 0 atom stereocenters. The molecule has 0 saturated carbocycles. The molecule has 3 aromatic rings. The van der Waals surface area contributed by atoms with Crippen LogP contribution in [0.15, 0.2) is 72.8 Å². The van der Waals surface area contributed by atoms with Gasteiger partial charge in [0.2, 0.25) is 0 Å². The molecule has 0 amide bonds. The van der Waals surface area contributed by atoms with Crippen LogP contribution in [0.25, 0.3) is 0 Å². The summed E-state index contributed by atoms with van der Waals surface area (Å²) in [5.74, 6) is -1.86. The highest BCUT2D eigenvalue weighted by molar-refractivity contribution is 5.47. The molecule has 23 heavy (non-hydrogen) atoms. The molecule has 116 valence electrons. The van der Waals surface area contributed by atoms with Gasteiger partial charge in [-0.25, -0.2) is 13.2 Å². The summed E-state index contributed by atoms with van der Waals surface area (Å²) in [4.78, 5) is 0. The molecule has 3 aromatic carbocycles. The summed E-state index contributed by atoms with van der Waals surface area (Å²) in [5, 5.41) is 11.3. The van der Waals surface area contributed by atoms with E-state index >= 15 is 0 Å². The molecule has 0 radical (unpaired) electrons. The highest BCUT2D eigenvalue weighted by Crippen LogP contribution is 2.39. The van der Waals surface area contributed by atoms with Crippen LogP contribution in [-0.4, -0.2) is 5.11 Å². The predicted molar refractivity (Wildman–Crippen MR) is 81.3 cm³/mol. The van der Waals surface area contributed by atoms with Crippen LogP contribution in [0.3, 0.4) is 0 Å². The first-order chi connectivity index (χ1) is 11.0. The molecule has 4 heteroatoms. The molecule has 3 rings (SSSR count). The van der Waals surface area contributed by atoms with Gasteiger partial charge < -0.3 is 5.11 Å². The normalized spacial score (nSPS) is 11.5. The van der Waals surface area contributed by atoms with Crippen molar-refractivity contribution in [3.63, 3.8) is 0 Å². The summed E-state index contributed by atoms with van der Waals surface area (Å²) < 4.78 is 41.8. The van der Waals surface area contributed by atoms with Crippen LogP contribution in [0.1, 0.15) is 16.7 Å². The molecule has 0 aliphatic rings. The minimum atomic E-state index is -2.07. The largest absolute Gasteiger partial charge is 0.376 e. The molecule has 0 unspecified atom stereocenters. The first-order valence-corrected chi connectivity index (χ1v) is 7.02. The van der Waals surface area contributed by atoms with Crippen molar-refractivity contribution in [3.8, 4) is 0 Å². The fraction of sp³-hybridized carbons (Fsp3) is 0.0526. The zero-order valence-corrected chi connectivity index (χ0v) is 12.0. The Hall–Kier alpha value is -2.59. The van der Waals surface area contributed by atoms with Gasteiger partial charge in [-0.2, -0.15) is 0 Å². The number of halogens is 3. The molecular formula is C19H13F3O. The minimum Gasteiger partial charge on any atom is -0.376 e. The van der Waals surface area contributed by atoms with E-state index in [9.17, 15) is 18.3 Å². The van der Waals surface area contributed by atoms with E-state index in [2.05, 4.69) is 0 Å². The van der Waals surface area contributed by atoms with Crippen molar-refractivity contribution in [1.29, 1.82) is 0 Å². The quantitative estimate of drug-likeness (QED) is 0.711. The third kappa shape index (κ3) is 2.62. The SMILES string of the molecule is OC(c1ccc(F)cc1)(c1ccccc1F)c1ccccc1F. The van der Waals surface area contributed by atoms with Crippen molar-refractivity contribution >= 4 is 0 Å². The molecule has 0 spiro atoms. The van der Waals surface area contributed by atoms with Gasteiger partial charge in [0, 0.05) is 11.1 Å². The van der Waals surface area contributed by atoms with Gasteiger partial charge >= 0.3 is 0 Å². The van der Waals surface area contributed by atoms with Crippen LogP contribution in [0.4, 0.5) is 13.2 Å². The van der Waals surface area contributed by atoms with E-state index < -0.39 is 23.1 Å². The van der Waals surface area contributed by atoms with Gasteiger partial charge in [0.25, 0.3) is 0 Å². The number of aliphatic hydroxyl groups is 1. The van der Waals surface area contributed by atoms with Gasteiger partial charge in [-0.1, -0.05) is 48.5 Å². The lowest BCUT2D eigenvalue weighted by Gasteiger charge is -2.30. The lowest BCUT2D eigenvalue weighted by molar-refractivity contribution is 0.117. The second-order valence-corrected chi connectivity index (χ2v) is 5.18. The molecule has 0 heterocycles. The Bertz CT molecular complexity index is 783. The van der Waals surface area contributed by atoms with Crippen LogP contribution >= 0.6 is 0 Å². The second kappa shape index (κ2) is 5.89. The molecule has 0 aliphatic carbocycles. The molecule has 0 saturated heterocycles. The van der Waals surface area contributed by atoms with Gasteiger partial charge in [0.15, 0.2) is 0 Å². The summed E-state index contributed by atoms with van der Waals surface area (Å²) in [7, 11) is 0. The van der Waals surface area contributed by atoms with Crippen LogP contribution < -0.4 is 0 Å². The van der Waals surface area contributed by atoms with Crippen molar-refractivity contribution in [1.82, 2.24) is 0 Å². The Morgan fingerprint density at radius 3 is 1.48 bits per heavy atom. The van der Waals surface area contributed by atoms with Crippen molar-refractivity contribution in [2.75, 3.05) is 0 Å². The van der Waals surface area contributed by atoms with E-state index in [1.165, 1.54) is 48.5 Å². The van der Waals surface area contributed by atoms with E-state index in [-0.39, 0.29) is 16.7 Å². The van der Waals surface area contributed by atoms with Crippen molar-refractivity contribution in [2.24, 2.45) is 0 Å². The predicted octanol–water partition coefficient (Wildman–Crippen LogP) is 4.39. The van der Waals surface area contributed by atoms with Gasteiger partial charge in [0.05, 0.1) is 0 Å². The Morgan fingerprint density at radius 1 is 0.609 bits per heavy atom. The number of hydrogen-bond donors (Lipinski definition) is 1. The summed E-state index contributed by atoms with van der Waals surface area (Å²) in [6.07, 6.45) is 0. The van der Waals surface area contributed by atoms with E-state index in [0.29, 0.717) is 0 Å². The molecule has 1 N–H and O–H groups in total. The van der Waals surface area contributed by atoms with Crippen molar-refractivity contribution in [3.05, 3.63) is 107 Å². The van der Waals surface area contributed by atoms with Crippen LogP contribution in [0.2, 0.25) is 0 Å². The van der Waals surface area contributed by atoms with Crippen molar-refractivity contribution in [2.45, 2.75) is 5.60 Å². The molecule has 1 nitrogen and oxygen atoms in total. The summed E-state index contributed by atoms with van der Waals surface area (Å²) >= 11 is 0. The van der Waals surface area contributed by atoms with Crippen LogP contribution in [0, 0.1) is 17.5 Å². The fourth-order valence-corrected chi connectivity index (χ4v) is 2.66. The Balaban J connectivity index is 2.32. The number of benzene rings is 3. The fourth-order valence-electron chi connectivity index (χ4n) is 2.66. The van der Waals surface area contributed by atoms with E-state index in [1.54, 1.807) is 12.1 Å². The minimum absolute atomic E-state index is 0.100. The first kappa shape index (κ1) is 15.3. The maximum atomic E-state index is 14.3. The maximum absolute atomic E-state index is 14.3. The zero-order chi connectivity index (χ0) is 16.4. The van der Waals surface area contributed by atoms with Gasteiger partial charge in [0.1, 0.15) is 23.1 Å². The zero-order valence-electron chi connectivity index (χ0n) is 12.0. The lowest BCUT2D eigenvalue weighted by atomic mass is 9.80. The summed E-state index contributed by atoms with van der Waals surface area (Å²) in [6.45, 7) is 0. The number of rotatable bonds is 3. The highest BCUT2D eigenvalue weighted by atomic mass is 19.1. The third-order valence-corrected chi connectivity index (χ3v) is 3.79. The highest BCUT2D eigenvalue weighted by Gasteiger charge is 2.38. The Morgan fingerprint density at radius 2 is 1.04 bits per heavy atom. The Labute approximate surface area is 131 Å². The summed E-state index contributed by atoms with van der Waals surface area (Å²) in [6, 6.07) is 16.1. The van der Waals surface area contributed by atoms with E-state index in [0.717, 1.165) is 12.1 Å². The number of hydrogen-bond acceptors (Lipinski definition) is 1. The van der Waals surface area contributed by atoms with Gasteiger partial charge in [-0.15, -0.1) is 0 Å². The lowest BCUT2D eigenvalue weighted by Crippen LogP contribution is -2.31. The monoisotopic (exact) mass is 314 g/mol. The molecule has 0 fully saturated rings. The molecule has 0 aromatic heterocycles. The summed E-state index contributed by atoms with van der Waals surface area (Å²) in [5.41, 5.74) is -2.09. The van der Waals surface area contributed by atoms with Crippen LogP contribution in [-0.2, 0) is 5.60 Å². The first-order valence-electron chi connectivity index (χ1n) is 7.02. The van der Waals surface area contributed by atoms with E-state index in [1.807, 2.05) is 0 Å². The van der Waals surface area contributed by atoms with Gasteiger partial charge in [-0.05, 0) is 29.8 Å². The molecule has 0 aliphatic heterocycles. The standard InChI is InChI=1S/C19H13F3O/c20-14-11-9-13(10-12-14)19(23,15-5-1-3-7-17(15)21)16-6-2-4-8-18(16)22/h1-12,23H. The van der Waals surface area contributed by atoms with Gasteiger partial charge in [-0.3, -0.25) is 0 Å².